The van der Waals surface area contributed by atoms with E-state index in [1.807, 2.05) is 10.3 Å². The molecule has 6 nitrogen and oxygen atoms in total. The van der Waals surface area contributed by atoms with Gasteiger partial charge in [-0.25, -0.2) is 12.8 Å². The van der Waals surface area contributed by atoms with Crippen LogP contribution >= 0.6 is 15.9 Å². The first-order chi connectivity index (χ1) is 11.3. The van der Waals surface area contributed by atoms with Crippen LogP contribution in [0.5, 0.6) is 5.75 Å². The summed E-state index contributed by atoms with van der Waals surface area (Å²) in [6, 6.07) is 10.0. The normalized spacial score (nSPS) is 11.1. The van der Waals surface area contributed by atoms with E-state index in [0.29, 0.717) is 12.4 Å². The molecular formula is C15H14BrFN2O4S. The molecule has 0 saturated carbocycles. The fourth-order valence-electron chi connectivity index (χ4n) is 1.83. The van der Waals surface area contributed by atoms with Gasteiger partial charge in [-0.05, 0) is 53.2 Å². The van der Waals surface area contributed by atoms with Crippen LogP contribution in [0.15, 0.2) is 51.8 Å². The molecule has 0 radical (unpaired) electrons. The highest BCUT2D eigenvalue weighted by molar-refractivity contribution is 9.10. The van der Waals surface area contributed by atoms with Gasteiger partial charge in [-0.2, -0.15) is 0 Å². The molecule has 0 atom stereocenters. The highest BCUT2D eigenvalue weighted by Gasteiger charge is 2.21. The molecule has 0 unspecified atom stereocenters. The molecular weight excluding hydrogens is 403 g/mol. The van der Waals surface area contributed by atoms with Crippen molar-refractivity contribution in [2.24, 2.45) is 0 Å². The van der Waals surface area contributed by atoms with Crippen molar-refractivity contribution in [3.05, 3.63) is 58.3 Å². The Bertz CT molecular complexity index is 858. The molecule has 0 heterocycles. The van der Waals surface area contributed by atoms with Gasteiger partial charge in [0.2, 0.25) is 0 Å². The number of halogens is 2. The molecule has 0 spiro atoms. The van der Waals surface area contributed by atoms with Crippen LogP contribution < -0.4 is 15.0 Å². The molecule has 0 bridgehead atoms. The first-order valence-electron chi connectivity index (χ1n) is 6.84. The molecule has 0 saturated heterocycles. The van der Waals surface area contributed by atoms with Gasteiger partial charge in [0.1, 0.15) is 10.6 Å². The average molecular weight is 417 g/mol. The molecule has 2 N–H and O–H groups in total. The van der Waals surface area contributed by atoms with Crippen molar-refractivity contribution in [3.63, 3.8) is 0 Å². The molecule has 0 aromatic heterocycles. The lowest BCUT2D eigenvalue weighted by Crippen LogP contribution is -2.41. The highest BCUT2D eigenvalue weighted by Crippen LogP contribution is 2.22. The third-order valence-corrected chi connectivity index (χ3v) is 4.79. The average Bonchev–Trinajstić information content (AvgIpc) is 2.55. The molecule has 0 aliphatic rings. The van der Waals surface area contributed by atoms with E-state index in [1.165, 1.54) is 24.3 Å². The molecule has 1 amide bonds. The summed E-state index contributed by atoms with van der Waals surface area (Å²) < 4.78 is 43.4. The molecule has 2 rings (SSSR count). The number of carbonyl (C=O) groups is 1. The summed E-state index contributed by atoms with van der Waals surface area (Å²) in [7, 11) is -4.26. The summed E-state index contributed by atoms with van der Waals surface area (Å²) in [4.78, 5) is 13.3. The minimum absolute atomic E-state index is 0.00103. The summed E-state index contributed by atoms with van der Waals surface area (Å²) in [6.07, 6.45) is 0. The predicted octanol–water partition coefficient (Wildman–Crippen LogP) is 2.61. The predicted molar refractivity (Wildman–Crippen MR) is 89.5 cm³/mol. The SMILES string of the molecule is CCOc1cccc(C(=O)NNS(=O)(=O)c2cccc(Br)c2F)c1. The van der Waals surface area contributed by atoms with Crippen LogP contribution in [-0.4, -0.2) is 20.9 Å². The summed E-state index contributed by atoms with van der Waals surface area (Å²) in [5.41, 5.74) is 2.23. The van der Waals surface area contributed by atoms with Gasteiger partial charge in [0.05, 0.1) is 11.1 Å². The van der Waals surface area contributed by atoms with Crippen LogP contribution in [0.2, 0.25) is 0 Å². The molecule has 0 aliphatic carbocycles. The van der Waals surface area contributed by atoms with Gasteiger partial charge in [0, 0.05) is 5.56 Å². The molecule has 2 aromatic rings. The Morgan fingerprint density at radius 2 is 1.96 bits per heavy atom. The number of hydrazine groups is 1. The van der Waals surface area contributed by atoms with Gasteiger partial charge < -0.3 is 4.74 Å². The second-order valence-corrected chi connectivity index (χ2v) is 7.08. The van der Waals surface area contributed by atoms with Crippen molar-refractivity contribution in [2.45, 2.75) is 11.8 Å². The zero-order valence-corrected chi connectivity index (χ0v) is 14.9. The minimum atomic E-state index is -4.26. The number of ether oxygens (including phenoxy) is 1. The Kier molecular flexibility index (Phi) is 5.92. The van der Waals surface area contributed by atoms with Crippen molar-refractivity contribution in [1.82, 2.24) is 10.3 Å². The Morgan fingerprint density at radius 1 is 1.25 bits per heavy atom. The Hall–Kier alpha value is -1.97. The third-order valence-electron chi connectivity index (χ3n) is 2.91. The smallest absolute Gasteiger partial charge is 0.266 e. The van der Waals surface area contributed by atoms with E-state index in [0.717, 1.165) is 6.07 Å². The van der Waals surface area contributed by atoms with Crippen molar-refractivity contribution in [2.75, 3.05) is 6.61 Å². The lowest BCUT2D eigenvalue weighted by atomic mass is 10.2. The van der Waals surface area contributed by atoms with Crippen LogP contribution in [0.25, 0.3) is 0 Å². The summed E-state index contributed by atoms with van der Waals surface area (Å²) in [5.74, 6) is -1.17. The molecule has 0 aliphatic heterocycles. The Morgan fingerprint density at radius 3 is 2.67 bits per heavy atom. The molecule has 128 valence electrons. The summed E-state index contributed by atoms with van der Waals surface area (Å²) in [6.45, 7) is 2.23. The molecule has 9 heteroatoms. The maximum Gasteiger partial charge on any atom is 0.266 e. The first-order valence-corrected chi connectivity index (χ1v) is 9.12. The standard InChI is InChI=1S/C15H14BrFN2O4S/c1-2-23-11-6-3-5-10(9-11)15(20)18-19-24(21,22)13-8-4-7-12(16)14(13)17/h3-9,19H,2H2,1H3,(H,18,20). The van der Waals surface area contributed by atoms with Crippen LogP contribution in [0, 0.1) is 5.82 Å². The Balaban J connectivity index is 2.13. The maximum atomic E-state index is 13.9. The Labute approximate surface area is 147 Å². The van der Waals surface area contributed by atoms with Gasteiger partial charge >= 0.3 is 0 Å². The van der Waals surface area contributed by atoms with Crippen LogP contribution in [-0.2, 0) is 10.0 Å². The molecule has 2 aromatic carbocycles. The second kappa shape index (κ2) is 7.73. The number of nitrogens with one attached hydrogen (secondary N) is 2. The maximum absolute atomic E-state index is 13.9. The molecule has 24 heavy (non-hydrogen) atoms. The number of carbonyl (C=O) groups excluding carboxylic acids is 1. The van der Waals surface area contributed by atoms with Gasteiger partial charge in [-0.15, -0.1) is 4.83 Å². The van der Waals surface area contributed by atoms with Gasteiger partial charge in [0.15, 0.2) is 5.82 Å². The van der Waals surface area contributed by atoms with Crippen molar-refractivity contribution < 1.29 is 22.3 Å². The third kappa shape index (κ3) is 4.31. The van der Waals surface area contributed by atoms with E-state index >= 15 is 0 Å². The van der Waals surface area contributed by atoms with Gasteiger partial charge in [-0.3, -0.25) is 10.2 Å². The highest BCUT2D eigenvalue weighted by atomic mass is 79.9. The molecule has 0 fully saturated rings. The van der Waals surface area contributed by atoms with Crippen LogP contribution in [0.3, 0.4) is 0 Å². The fraction of sp³-hybridized carbons (Fsp3) is 0.133. The van der Waals surface area contributed by atoms with Gasteiger partial charge in [-0.1, -0.05) is 12.1 Å². The van der Waals surface area contributed by atoms with Crippen LogP contribution in [0.4, 0.5) is 4.39 Å². The fourth-order valence-corrected chi connectivity index (χ4v) is 3.26. The minimum Gasteiger partial charge on any atom is -0.494 e. The van der Waals surface area contributed by atoms with E-state index < -0.39 is 26.6 Å². The second-order valence-electron chi connectivity index (χ2n) is 4.57. The zero-order valence-electron chi connectivity index (χ0n) is 12.5. The van der Waals surface area contributed by atoms with Gasteiger partial charge in [0.25, 0.3) is 15.9 Å². The topological polar surface area (TPSA) is 84.5 Å². The van der Waals surface area contributed by atoms with E-state index in [1.54, 1.807) is 19.1 Å². The number of sulfonamides is 1. The van der Waals surface area contributed by atoms with E-state index in [9.17, 15) is 17.6 Å². The van der Waals surface area contributed by atoms with Crippen LogP contribution in [0.1, 0.15) is 17.3 Å². The largest absolute Gasteiger partial charge is 0.494 e. The number of benzene rings is 2. The number of hydrogen-bond acceptors (Lipinski definition) is 4. The first kappa shape index (κ1) is 18.4. The van der Waals surface area contributed by atoms with E-state index in [-0.39, 0.29) is 10.0 Å². The quantitative estimate of drug-likeness (QED) is 0.708. The van der Waals surface area contributed by atoms with Crippen molar-refractivity contribution in [1.29, 1.82) is 0 Å². The van der Waals surface area contributed by atoms with Crippen molar-refractivity contribution >= 4 is 31.9 Å². The number of amides is 1. The number of hydrogen-bond donors (Lipinski definition) is 2. The van der Waals surface area contributed by atoms with E-state index in [2.05, 4.69) is 15.9 Å². The number of rotatable bonds is 6. The monoisotopic (exact) mass is 416 g/mol. The summed E-state index contributed by atoms with van der Waals surface area (Å²) in [5, 5.41) is 0. The summed E-state index contributed by atoms with van der Waals surface area (Å²) >= 11 is 2.91. The van der Waals surface area contributed by atoms with Crippen molar-refractivity contribution in [3.8, 4) is 5.75 Å². The lowest BCUT2D eigenvalue weighted by Gasteiger charge is -2.10. The van der Waals surface area contributed by atoms with E-state index in [4.69, 9.17) is 4.74 Å². The zero-order chi connectivity index (χ0) is 17.7. The lowest BCUT2D eigenvalue weighted by molar-refractivity contribution is 0.0944.